The number of halogens is 1. The summed E-state index contributed by atoms with van der Waals surface area (Å²) < 4.78 is 5.51. The molecule has 2 amide bonds. The lowest BCUT2D eigenvalue weighted by Gasteiger charge is -2.35. The topological polar surface area (TPSA) is 78.4 Å². The molecule has 0 aliphatic carbocycles. The molecule has 0 spiro atoms. The molecule has 34 heavy (non-hydrogen) atoms. The molecule has 2 aliphatic heterocycles. The Morgan fingerprint density at radius 1 is 1.12 bits per heavy atom. The smallest absolute Gasteiger partial charge is 0.257 e. The maximum Gasteiger partial charge on any atom is 0.257 e. The van der Waals surface area contributed by atoms with Crippen molar-refractivity contribution >= 4 is 60.9 Å². The third kappa shape index (κ3) is 4.43. The first-order chi connectivity index (χ1) is 16.4. The Hall–Kier alpha value is -2.52. The van der Waals surface area contributed by atoms with Gasteiger partial charge < -0.3 is 15.1 Å². The van der Waals surface area contributed by atoms with Crippen molar-refractivity contribution in [3.8, 4) is 0 Å². The maximum absolute atomic E-state index is 13.4. The van der Waals surface area contributed by atoms with Gasteiger partial charge in [0.25, 0.3) is 5.91 Å². The molecule has 7 nitrogen and oxygen atoms in total. The third-order valence-electron chi connectivity index (χ3n) is 6.90. The largest absolute Gasteiger partial charge is 0.370 e. The zero-order chi connectivity index (χ0) is 23.8. The summed E-state index contributed by atoms with van der Waals surface area (Å²) >= 11 is 4.84. The second-order valence-electron chi connectivity index (χ2n) is 9.18. The Morgan fingerprint density at radius 2 is 1.85 bits per heavy atom. The highest BCUT2D eigenvalue weighted by molar-refractivity contribution is 9.10. The van der Waals surface area contributed by atoms with Crippen molar-refractivity contribution in [3.05, 3.63) is 45.7 Å². The average Bonchev–Trinajstić information content (AvgIpc) is 3.50. The third-order valence-corrected chi connectivity index (χ3v) is 8.24. The number of carbonyl (C=O) groups is 2. The molecule has 3 aromatic rings. The van der Waals surface area contributed by atoms with Gasteiger partial charge in [0, 0.05) is 48.5 Å². The summed E-state index contributed by atoms with van der Waals surface area (Å²) in [4.78, 5) is 36.0. The van der Waals surface area contributed by atoms with Gasteiger partial charge in [-0.15, -0.1) is 0 Å². The highest BCUT2D eigenvalue weighted by Crippen LogP contribution is 2.37. The van der Waals surface area contributed by atoms with Crippen LogP contribution in [0.1, 0.15) is 47.3 Å². The van der Waals surface area contributed by atoms with Crippen molar-refractivity contribution in [1.82, 2.24) is 14.3 Å². The summed E-state index contributed by atoms with van der Waals surface area (Å²) in [7, 11) is 0. The van der Waals surface area contributed by atoms with E-state index in [9.17, 15) is 9.59 Å². The van der Waals surface area contributed by atoms with E-state index in [-0.39, 0.29) is 17.7 Å². The normalized spacial score (nSPS) is 16.9. The van der Waals surface area contributed by atoms with Gasteiger partial charge in [0.15, 0.2) is 0 Å². The van der Waals surface area contributed by atoms with E-state index < -0.39 is 0 Å². The number of aryl methyl sites for hydroxylation is 2. The van der Waals surface area contributed by atoms with Crippen molar-refractivity contribution < 1.29 is 9.59 Å². The quantitative estimate of drug-likeness (QED) is 0.493. The minimum absolute atomic E-state index is 0.0538. The van der Waals surface area contributed by atoms with Crippen LogP contribution in [0.3, 0.4) is 0 Å². The number of piperidine rings is 1. The first-order valence-electron chi connectivity index (χ1n) is 11.8. The lowest BCUT2D eigenvalue weighted by atomic mass is 9.94. The molecule has 1 aromatic carbocycles. The lowest BCUT2D eigenvalue weighted by Crippen LogP contribution is -2.39. The zero-order valence-corrected chi connectivity index (χ0v) is 21.8. The predicted molar refractivity (Wildman–Crippen MR) is 140 cm³/mol. The number of hydrogen-bond donors (Lipinski definition) is 1. The molecule has 0 bridgehead atoms. The number of fused-ring (bicyclic) bond motifs is 1. The molecule has 0 atom stereocenters. The molecule has 4 heterocycles. The highest BCUT2D eigenvalue weighted by Gasteiger charge is 2.31. The first kappa shape index (κ1) is 23.2. The number of likely N-dealkylation sites (tertiary alicyclic amines) is 1. The molecule has 0 saturated carbocycles. The van der Waals surface area contributed by atoms with Crippen LogP contribution in [0.15, 0.2) is 28.9 Å². The SMILES string of the molecule is Cc1cc(Br)ccc1NC(=O)C1CCN(c2c(C(=O)N3CCCC3)cnc3snc(C)c23)CC1. The minimum Gasteiger partial charge on any atom is -0.370 e. The molecule has 9 heteroatoms. The summed E-state index contributed by atoms with van der Waals surface area (Å²) in [6.45, 7) is 7.00. The molecule has 0 radical (unpaired) electrons. The molecular formula is C25H28BrN5O2S. The number of rotatable bonds is 4. The Kier molecular flexibility index (Phi) is 6.57. The number of nitrogens with one attached hydrogen (secondary N) is 1. The molecule has 5 rings (SSSR count). The van der Waals surface area contributed by atoms with Gasteiger partial charge in [-0.2, -0.15) is 4.37 Å². The number of carbonyl (C=O) groups excluding carboxylic acids is 2. The number of benzene rings is 1. The van der Waals surface area contributed by atoms with Gasteiger partial charge in [-0.25, -0.2) is 4.98 Å². The van der Waals surface area contributed by atoms with Crippen molar-refractivity contribution in [1.29, 1.82) is 0 Å². The van der Waals surface area contributed by atoms with Crippen molar-refractivity contribution in [3.63, 3.8) is 0 Å². The van der Waals surface area contributed by atoms with E-state index >= 15 is 0 Å². The van der Waals surface area contributed by atoms with Crippen molar-refractivity contribution in [2.75, 3.05) is 36.4 Å². The van der Waals surface area contributed by atoms with E-state index in [1.807, 2.05) is 36.9 Å². The number of amides is 2. The Morgan fingerprint density at radius 3 is 2.56 bits per heavy atom. The van der Waals surface area contributed by atoms with Gasteiger partial charge >= 0.3 is 0 Å². The second kappa shape index (κ2) is 9.62. The van der Waals surface area contributed by atoms with Crippen molar-refractivity contribution in [2.45, 2.75) is 39.5 Å². The summed E-state index contributed by atoms with van der Waals surface area (Å²) in [6.07, 6.45) is 5.30. The monoisotopic (exact) mass is 541 g/mol. The molecule has 2 aliphatic rings. The summed E-state index contributed by atoms with van der Waals surface area (Å²) in [6, 6.07) is 5.88. The minimum atomic E-state index is -0.0592. The Bertz CT molecular complexity index is 1250. The summed E-state index contributed by atoms with van der Waals surface area (Å²) in [5.74, 6) is 0.0563. The summed E-state index contributed by atoms with van der Waals surface area (Å²) in [5, 5.41) is 4.08. The van der Waals surface area contributed by atoms with E-state index in [2.05, 4.69) is 35.5 Å². The number of nitrogens with zero attached hydrogens (tertiary/aromatic N) is 4. The average molecular weight is 543 g/mol. The number of pyridine rings is 1. The number of anilines is 2. The molecule has 2 saturated heterocycles. The van der Waals surface area contributed by atoms with Crippen LogP contribution < -0.4 is 10.2 Å². The van der Waals surface area contributed by atoms with Gasteiger partial charge in [0.1, 0.15) is 4.83 Å². The fraction of sp³-hybridized carbons (Fsp3) is 0.440. The van der Waals surface area contributed by atoms with Gasteiger partial charge in [0.05, 0.1) is 22.3 Å². The summed E-state index contributed by atoms with van der Waals surface area (Å²) in [5.41, 5.74) is 4.39. The van der Waals surface area contributed by atoms with E-state index in [0.29, 0.717) is 18.7 Å². The van der Waals surface area contributed by atoms with Crippen LogP contribution in [0, 0.1) is 19.8 Å². The van der Waals surface area contributed by atoms with Crippen molar-refractivity contribution in [2.24, 2.45) is 5.92 Å². The predicted octanol–water partition coefficient (Wildman–Crippen LogP) is 5.16. The highest BCUT2D eigenvalue weighted by atomic mass is 79.9. The van der Waals surface area contributed by atoms with E-state index in [1.54, 1.807) is 6.20 Å². The molecule has 2 fully saturated rings. The standard InChI is InChI=1S/C25H28BrN5O2S/c1-15-13-18(26)5-6-20(15)28-23(32)17-7-11-30(12-8-17)22-19(25(33)31-9-3-4-10-31)14-27-24-21(22)16(2)29-34-24/h5-6,13-14,17H,3-4,7-12H2,1-2H3,(H,28,32). The number of hydrogen-bond acceptors (Lipinski definition) is 6. The van der Waals surface area contributed by atoms with Gasteiger partial charge in [0.2, 0.25) is 5.91 Å². The van der Waals surface area contributed by atoms with Crippen LogP contribution in [0.5, 0.6) is 0 Å². The van der Waals surface area contributed by atoms with Crippen LogP contribution >= 0.6 is 27.5 Å². The molecule has 178 valence electrons. The fourth-order valence-electron chi connectivity index (χ4n) is 4.98. The van der Waals surface area contributed by atoms with Crippen LogP contribution in [-0.4, -0.2) is 52.3 Å². The fourth-order valence-corrected chi connectivity index (χ4v) is 6.21. The van der Waals surface area contributed by atoms with E-state index in [0.717, 1.165) is 76.1 Å². The first-order valence-corrected chi connectivity index (χ1v) is 13.3. The van der Waals surface area contributed by atoms with Gasteiger partial charge in [-0.1, -0.05) is 15.9 Å². The lowest BCUT2D eigenvalue weighted by molar-refractivity contribution is -0.120. The van der Waals surface area contributed by atoms with E-state index in [1.165, 1.54) is 11.5 Å². The molecule has 0 unspecified atom stereocenters. The maximum atomic E-state index is 13.4. The Labute approximate surface area is 211 Å². The van der Waals surface area contributed by atoms with Gasteiger partial charge in [-0.05, 0) is 74.8 Å². The van der Waals surface area contributed by atoms with Crippen LogP contribution in [0.4, 0.5) is 11.4 Å². The molecule has 1 N–H and O–H groups in total. The van der Waals surface area contributed by atoms with E-state index in [4.69, 9.17) is 0 Å². The Balaban J connectivity index is 1.37. The molecular weight excluding hydrogens is 514 g/mol. The van der Waals surface area contributed by atoms with Crippen LogP contribution in [-0.2, 0) is 4.79 Å². The second-order valence-corrected chi connectivity index (χ2v) is 10.8. The molecule has 2 aromatic heterocycles. The zero-order valence-electron chi connectivity index (χ0n) is 19.4. The van der Waals surface area contributed by atoms with Crippen LogP contribution in [0.2, 0.25) is 0 Å². The van der Waals surface area contributed by atoms with Crippen LogP contribution in [0.25, 0.3) is 10.2 Å². The van der Waals surface area contributed by atoms with Gasteiger partial charge in [-0.3, -0.25) is 9.59 Å². The number of aromatic nitrogens is 2.